The van der Waals surface area contributed by atoms with Gasteiger partial charge >= 0.3 is 0 Å². The molecule has 198 valence electrons. The summed E-state index contributed by atoms with van der Waals surface area (Å²) in [6.45, 7) is 2.60. The zero-order valence-corrected chi connectivity index (χ0v) is 21.5. The minimum absolute atomic E-state index is 0.0667. The smallest absolute Gasteiger partial charge is 0.275 e. The topological polar surface area (TPSA) is 103 Å². The van der Waals surface area contributed by atoms with Crippen LogP contribution in [0.3, 0.4) is 0 Å². The molecule has 1 N–H and O–H groups in total. The summed E-state index contributed by atoms with van der Waals surface area (Å²) in [5, 5.41) is 3.23. The molecule has 2 amide bonds. The van der Waals surface area contributed by atoms with Gasteiger partial charge in [0.05, 0.1) is 12.8 Å². The van der Waals surface area contributed by atoms with Crippen LogP contribution in [0.2, 0.25) is 0 Å². The Hall–Kier alpha value is -4.14. The molecule has 3 aromatic rings. The lowest BCUT2D eigenvalue weighted by Gasteiger charge is -2.34. The molecule has 1 aromatic heterocycles. The lowest BCUT2D eigenvalue weighted by Crippen LogP contribution is -2.47. The third-order valence-corrected chi connectivity index (χ3v) is 6.86. The number of ether oxygens (including phenoxy) is 3. The number of carbonyl (C=O) groups is 2. The van der Waals surface area contributed by atoms with Crippen molar-refractivity contribution in [3.05, 3.63) is 77.9 Å². The molecule has 9 nitrogen and oxygen atoms in total. The predicted molar refractivity (Wildman–Crippen MR) is 140 cm³/mol. The van der Waals surface area contributed by atoms with E-state index < -0.39 is 11.9 Å². The van der Waals surface area contributed by atoms with Gasteiger partial charge in [-0.05, 0) is 43.5 Å². The summed E-state index contributed by atoms with van der Waals surface area (Å²) in [5.74, 6) is 1.15. The zero-order valence-electron chi connectivity index (χ0n) is 21.5. The third kappa shape index (κ3) is 5.72. The van der Waals surface area contributed by atoms with Crippen LogP contribution in [0.5, 0.6) is 17.2 Å². The van der Waals surface area contributed by atoms with Crippen LogP contribution in [0.15, 0.2) is 61.1 Å². The highest BCUT2D eigenvalue weighted by Crippen LogP contribution is 2.36. The molecule has 0 spiro atoms. The van der Waals surface area contributed by atoms with Gasteiger partial charge in [0, 0.05) is 30.5 Å². The summed E-state index contributed by atoms with van der Waals surface area (Å²) in [4.78, 5) is 38.0. The maximum atomic E-state index is 14.1. The van der Waals surface area contributed by atoms with E-state index in [-0.39, 0.29) is 31.0 Å². The van der Waals surface area contributed by atoms with Gasteiger partial charge in [-0.1, -0.05) is 43.5 Å². The van der Waals surface area contributed by atoms with Crippen molar-refractivity contribution in [2.45, 2.75) is 57.7 Å². The molecule has 0 saturated heterocycles. The molecule has 2 aromatic carbocycles. The first-order valence-corrected chi connectivity index (χ1v) is 13.1. The summed E-state index contributed by atoms with van der Waals surface area (Å²) in [5.41, 5.74) is 1.55. The number of fused-ring (bicyclic) bond motifs is 1. The number of para-hydroxylation sites is 1. The maximum absolute atomic E-state index is 14.1. The standard InChI is InChI=1S/C29H32N4O5/c1-2-36-24-11-7-6-10-22(24)27(28(34)32-21-8-4-3-5-9-21)33(29(35)23-17-30-14-15-31-23)18-20-12-13-25-26(16-20)38-19-37-25/h6-7,10-17,21,27H,2-5,8-9,18-19H2,1H3,(H,32,34). The van der Waals surface area contributed by atoms with E-state index in [1.165, 1.54) is 29.9 Å². The molecule has 0 bridgehead atoms. The molecular formula is C29H32N4O5. The highest BCUT2D eigenvalue weighted by atomic mass is 16.7. The summed E-state index contributed by atoms with van der Waals surface area (Å²) in [7, 11) is 0. The number of nitrogens with zero attached hydrogens (tertiary/aromatic N) is 3. The number of benzene rings is 2. The third-order valence-electron chi connectivity index (χ3n) is 6.86. The van der Waals surface area contributed by atoms with Crippen molar-refractivity contribution in [3.8, 4) is 17.2 Å². The average molecular weight is 517 g/mol. The number of carbonyl (C=O) groups excluding carboxylic acids is 2. The van der Waals surface area contributed by atoms with Crippen LogP contribution >= 0.6 is 0 Å². The molecule has 1 aliphatic heterocycles. The van der Waals surface area contributed by atoms with Crippen molar-refractivity contribution in [2.75, 3.05) is 13.4 Å². The summed E-state index contributed by atoms with van der Waals surface area (Å²) in [6.07, 6.45) is 9.56. The Balaban J connectivity index is 1.57. The molecule has 0 radical (unpaired) electrons. The van der Waals surface area contributed by atoms with Gasteiger partial charge in [0.15, 0.2) is 11.5 Å². The number of hydrogen-bond donors (Lipinski definition) is 1. The molecule has 9 heteroatoms. The van der Waals surface area contributed by atoms with Gasteiger partial charge in [0.25, 0.3) is 5.91 Å². The van der Waals surface area contributed by atoms with Gasteiger partial charge in [0.1, 0.15) is 17.5 Å². The Morgan fingerprint density at radius 1 is 1.08 bits per heavy atom. The average Bonchev–Trinajstić information content (AvgIpc) is 3.42. The Bertz CT molecular complexity index is 1260. The number of nitrogens with one attached hydrogen (secondary N) is 1. The van der Waals surface area contributed by atoms with E-state index in [0.29, 0.717) is 29.4 Å². The quantitative estimate of drug-likeness (QED) is 0.449. The van der Waals surface area contributed by atoms with E-state index in [2.05, 4.69) is 15.3 Å². The number of amides is 2. The van der Waals surface area contributed by atoms with Crippen molar-refractivity contribution in [1.82, 2.24) is 20.2 Å². The maximum Gasteiger partial charge on any atom is 0.275 e. The largest absolute Gasteiger partial charge is 0.494 e. The van der Waals surface area contributed by atoms with Crippen LogP contribution in [0.1, 0.15) is 66.7 Å². The summed E-state index contributed by atoms with van der Waals surface area (Å²) in [6, 6.07) is 12.0. The molecular weight excluding hydrogens is 484 g/mol. The minimum Gasteiger partial charge on any atom is -0.494 e. The molecule has 2 heterocycles. The van der Waals surface area contributed by atoms with Crippen LogP contribution in [-0.4, -0.2) is 46.1 Å². The second-order valence-corrected chi connectivity index (χ2v) is 9.43. The van der Waals surface area contributed by atoms with Crippen molar-refractivity contribution in [3.63, 3.8) is 0 Å². The Morgan fingerprint density at radius 3 is 2.68 bits per heavy atom. The fourth-order valence-electron chi connectivity index (χ4n) is 5.04. The SMILES string of the molecule is CCOc1ccccc1C(C(=O)NC1CCCCC1)N(Cc1ccc2c(c1)OCO2)C(=O)c1cnccn1. The van der Waals surface area contributed by atoms with Crippen LogP contribution in [0.25, 0.3) is 0 Å². The van der Waals surface area contributed by atoms with Crippen LogP contribution in [0, 0.1) is 0 Å². The van der Waals surface area contributed by atoms with Crippen LogP contribution in [-0.2, 0) is 11.3 Å². The lowest BCUT2D eigenvalue weighted by molar-refractivity contribution is -0.127. The fourth-order valence-corrected chi connectivity index (χ4v) is 5.04. The van der Waals surface area contributed by atoms with Crippen LogP contribution < -0.4 is 19.5 Å². The molecule has 1 saturated carbocycles. The zero-order chi connectivity index (χ0) is 26.3. The first-order chi connectivity index (χ1) is 18.6. The van der Waals surface area contributed by atoms with E-state index in [1.54, 1.807) is 0 Å². The first kappa shape index (κ1) is 25.5. The van der Waals surface area contributed by atoms with Crippen molar-refractivity contribution in [2.24, 2.45) is 0 Å². The Labute approximate surface area is 222 Å². The van der Waals surface area contributed by atoms with Crippen molar-refractivity contribution >= 4 is 11.8 Å². The summed E-state index contributed by atoms with van der Waals surface area (Å²) >= 11 is 0. The predicted octanol–water partition coefficient (Wildman–Crippen LogP) is 4.44. The van der Waals surface area contributed by atoms with Crippen molar-refractivity contribution < 1.29 is 23.8 Å². The van der Waals surface area contributed by atoms with Crippen LogP contribution in [0.4, 0.5) is 0 Å². The van der Waals surface area contributed by atoms with E-state index >= 15 is 0 Å². The molecule has 1 atom stereocenters. The molecule has 38 heavy (non-hydrogen) atoms. The van der Waals surface area contributed by atoms with Crippen molar-refractivity contribution in [1.29, 1.82) is 0 Å². The Morgan fingerprint density at radius 2 is 1.89 bits per heavy atom. The van der Waals surface area contributed by atoms with E-state index in [0.717, 1.165) is 31.2 Å². The van der Waals surface area contributed by atoms with Gasteiger partial charge < -0.3 is 24.4 Å². The van der Waals surface area contributed by atoms with E-state index in [9.17, 15) is 9.59 Å². The van der Waals surface area contributed by atoms with Gasteiger partial charge in [-0.2, -0.15) is 0 Å². The number of rotatable bonds is 9. The highest BCUT2D eigenvalue weighted by Gasteiger charge is 2.36. The normalized spacial score (nSPS) is 15.5. The second-order valence-electron chi connectivity index (χ2n) is 9.43. The van der Waals surface area contributed by atoms with Gasteiger partial charge in [-0.15, -0.1) is 0 Å². The summed E-state index contributed by atoms with van der Waals surface area (Å²) < 4.78 is 16.9. The molecule has 1 fully saturated rings. The fraction of sp³-hybridized carbons (Fsp3) is 0.379. The molecule has 2 aliphatic rings. The first-order valence-electron chi connectivity index (χ1n) is 13.1. The monoisotopic (exact) mass is 516 g/mol. The second kappa shape index (κ2) is 11.9. The lowest BCUT2D eigenvalue weighted by atomic mass is 9.94. The van der Waals surface area contributed by atoms with Gasteiger partial charge in [0.2, 0.25) is 12.7 Å². The van der Waals surface area contributed by atoms with Gasteiger partial charge in [-0.25, -0.2) is 4.98 Å². The van der Waals surface area contributed by atoms with Gasteiger partial charge in [-0.3, -0.25) is 14.6 Å². The molecule has 1 unspecified atom stereocenters. The van der Waals surface area contributed by atoms with E-state index in [4.69, 9.17) is 14.2 Å². The minimum atomic E-state index is -0.959. The van der Waals surface area contributed by atoms with E-state index in [1.807, 2.05) is 49.4 Å². The molecule has 5 rings (SSSR count). The highest BCUT2D eigenvalue weighted by molar-refractivity contribution is 5.96. The number of hydrogen-bond acceptors (Lipinski definition) is 7. The number of aromatic nitrogens is 2. The Kier molecular flexibility index (Phi) is 8.01. The molecule has 1 aliphatic carbocycles.